The van der Waals surface area contributed by atoms with Crippen LogP contribution >= 0.6 is 0 Å². The minimum atomic E-state index is -0.0296. The largest absolute Gasteiger partial charge is 0.370 e. The van der Waals surface area contributed by atoms with Crippen molar-refractivity contribution in [2.24, 2.45) is 5.92 Å². The summed E-state index contributed by atoms with van der Waals surface area (Å²) in [5, 5.41) is 9.09. The average Bonchev–Trinajstić information content (AvgIpc) is 2.40. The monoisotopic (exact) mass is 279 g/mol. The van der Waals surface area contributed by atoms with Crippen LogP contribution < -0.4 is 16.0 Å². The fourth-order valence-electron chi connectivity index (χ4n) is 1.55. The van der Waals surface area contributed by atoms with E-state index in [1.165, 1.54) is 0 Å². The molecule has 20 heavy (non-hydrogen) atoms. The third-order valence-electron chi connectivity index (χ3n) is 2.53. The molecule has 6 heteroatoms. The first-order valence-corrected chi connectivity index (χ1v) is 7.11. The lowest BCUT2D eigenvalue weighted by molar-refractivity contribution is -0.119. The highest BCUT2D eigenvalue weighted by Crippen LogP contribution is 2.10. The van der Waals surface area contributed by atoms with Crippen LogP contribution in [-0.2, 0) is 4.79 Å². The number of carbonyl (C=O) groups is 1. The minimum Gasteiger partial charge on any atom is -0.370 e. The summed E-state index contributed by atoms with van der Waals surface area (Å²) in [4.78, 5) is 20.2. The molecule has 0 saturated carbocycles. The summed E-state index contributed by atoms with van der Waals surface area (Å²) in [7, 11) is 0. The molecule has 0 aromatic carbocycles. The van der Waals surface area contributed by atoms with Gasteiger partial charge in [-0.3, -0.25) is 4.79 Å². The highest BCUT2D eigenvalue weighted by atomic mass is 16.1. The quantitative estimate of drug-likeness (QED) is 0.676. The van der Waals surface area contributed by atoms with Crippen LogP contribution in [0.3, 0.4) is 0 Å². The molecule has 1 amide bonds. The molecule has 0 aliphatic carbocycles. The second-order valence-corrected chi connectivity index (χ2v) is 5.16. The SMILES string of the molecule is CCCNc1cc(NCC(=O)NCC(C)C)nc(C)n1. The van der Waals surface area contributed by atoms with Gasteiger partial charge in [0.1, 0.15) is 17.5 Å². The van der Waals surface area contributed by atoms with Gasteiger partial charge in [0.25, 0.3) is 0 Å². The van der Waals surface area contributed by atoms with E-state index < -0.39 is 0 Å². The number of amides is 1. The molecule has 1 rings (SSSR count). The number of aryl methyl sites for hydroxylation is 1. The van der Waals surface area contributed by atoms with E-state index >= 15 is 0 Å². The fraction of sp³-hybridized carbons (Fsp3) is 0.643. The average molecular weight is 279 g/mol. The van der Waals surface area contributed by atoms with Crippen molar-refractivity contribution in [3.8, 4) is 0 Å². The van der Waals surface area contributed by atoms with E-state index in [-0.39, 0.29) is 12.5 Å². The van der Waals surface area contributed by atoms with E-state index in [2.05, 4.69) is 46.7 Å². The number of anilines is 2. The summed E-state index contributed by atoms with van der Waals surface area (Å²) in [6, 6.07) is 1.82. The maximum Gasteiger partial charge on any atom is 0.239 e. The van der Waals surface area contributed by atoms with Crippen LogP contribution in [0.15, 0.2) is 6.07 Å². The first-order valence-electron chi connectivity index (χ1n) is 7.11. The Morgan fingerprint density at radius 3 is 2.50 bits per heavy atom. The summed E-state index contributed by atoms with van der Waals surface area (Å²) in [5.74, 6) is 2.54. The number of nitrogens with one attached hydrogen (secondary N) is 3. The van der Waals surface area contributed by atoms with Crippen LogP contribution in [0.25, 0.3) is 0 Å². The van der Waals surface area contributed by atoms with Gasteiger partial charge >= 0.3 is 0 Å². The maximum absolute atomic E-state index is 11.6. The summed E-state index contributed by atoms with van der Waals surface area (Å²) in [6.07, 6.45) is 1.03. The predicted octanol–water partition coefficient (Wildman–Crippen LogP) is 1.79. The summed E-state index contributed by atoms with van der Waals surface area (Å²) in [5.41, 5.74) is 0. The Balaban J connectivity index is 2.50. The topological polar surface area (TPSA) is 78.9 Å². The van der Waals surface area contributed by atoms with Crippen molar-refractivity contribution in [3.05, 3.63) is 11.9 Å². The van der Waals surface area contributed by atoms with Crippen LogP contribution in [0.5, 0.6) is 0 Å². The van der Waals surface area contributed by atoms with Crippen LogP contribution in [0.2, 0.25) is 0 Å². The third kappa shape index (κ3) is 6.36. The van der Waals surface area contributed by atoms with E-state index in [0.29, 0.717) is 24.1 Å². The molecule has 1 aromatic rings. The van der Waals surface area contributed by atoms with E-state index in [0.717, 1.165) is 18.8 Å². The van der Waals surface area contributed by atoms with Gasteiger partial charge < -0.3 is 16.0 Å². The predicted molar refractivity (Wildman–Crippen MR) is 81.9 cm³/mol. The Labute approximate surface area is 120 Å². The zero-order valence-corrected chi connectivity index (χ0v) is 12.8. The highest BCUT2D eigenvalue weighted by molar-refractivity contribution is 5.80. The molecular formula is C14H25N5O. The summed E-state index contributed by atoms with van der Waals surface area (Å²) in [6.45, 7) is 9.83. The van der Waals surface area contributed by atoms with Crippen molar-refractivity contribution in [1.29, 1.82) is 0 Å². The van der Waals surface area contributed by atoms with Crippen molar-refractivity contribution in [2.45, 2.75) is 34.1 Å². The van der Waals surface area contributed by atoms with Crippen molar-refractivity contribution < 1.29 is 4.79 Å². The van der Waals surface area contributed by atoms with Gasteiger partial charge in [-0.05, 0) is 19.3 Å². The number of hydrogen-bond acceptors (Lipinski definition) is 5. The second kappa shape index (κ2) is 8.35. The molecule has 0 aliphatic rings. The molecule has 0 radical (unpaired) electrons. The van der Waals surface area contributed by atoms with Gasteiger partial charge in [0.05, 0.1) is 6.54 Å². The Hall–Kier alpha value is -1.85. The van der Waals surface area contributed by atoms with Crippen molar-refractivity contribution in [2.75, 3.05) is 30.3 Å². The van der Waals surface area contributed by atoms with Gasteiger partial charge in [-0.25, -0.2) is 9.97 Å². The Kier molecular flexibility index (Phi) is 6.76. The number of hydrogen-bond donors (Lipinski definition) is 3. The molecule has 0 spiro atoms. The maximum atomic E-state index is 11.6. The Morgan fingerprint density at radius 2 is 1.90 bits per heavy atom. The molecular weight excluding hydrogens is 254 g/mol. The Bertz CT molecular complexity index is 434. The number of aromatic nitrogens is 2. The number of carbonyl (C=O) groups excluding carboxylic acids is 1. The van der Waals surface area contributed by atoms with Gasteiger partial charge in [0.15, 0.2) is 0 Å². The molecule has 0 saturated heterocycles. The summed E-state index contributed by atoms with van der Waals surface area (Å²) >= 11 is 0. The molecule has 1 heterocycles. The van der Waals surface area contributed by atoms with Crippen LogP contribution in [0.1, 0.15) is 33.0 Å². The van der Waals surface area contributed by atoms with E-state index in [4.69, 9.17) is 0 Å². The van der Waals surface area contributed by atoms with Crippen molar-refractivity contribution >= 4 is 17.5 Å². The van der Waals surface area contributed by atoms with Gasteiger partial charge in [0.2, 0.25) is 5.91 Å². The van der Waals surface area contributed by atoms with E-state index in [1.807, 2.05) is 13.0 Å². The number of rotatable bonds is 8. The first-order chi connectivity index (χ1) is 9.51. The molecule has 6 nitrogen and oxygen atoms in total. The first kappa shape index (κ1) is 16.2. The number of nitrogens with zero attached hydrogens (tertiary/aromatic N) is 2. The van der Waals surface area contributed by atoms with Gasteiger partial charge in [-0.1, -0.05) is 20.8 Å². The smallest absolute Gasteiger partial charge is 0.239 e. The third-order valence-corrected chi connectivity index (χ3v) is 2.53. The minimum absolute atomic E-state index is 0.0296. The normalized spacial score (nSPS) is 10.4. The standard InChI is InChI=1S/C14H25N5O/c1-5-6-15-12-7-13(19-11(4)18-12)16-9-14(20)17-8-10(2)3/h7,10H,5-6,8-9H2,1-4H3,(H,17,20)(H2,15,16,18,19). The van der Waals surface area contributed by atoms with E-state index in [1.54, 1.807) is 0 Å². The zero-order valence-electron chi connectivity index (χ0n) is 12.8. The highest BCUT2D eigenvalue weighted by Gasteiger charge is 2.05. The molecule has 3 N–H and O–H groups in total. The molecule has 0 aliphatic heterocycles. The molecule has 112 valence electrons. The van der Waals surface area contributed by atoms with Crippen LogP contribution in [0, 0.1) is 12.8 Å². The molecule has 0 unspecified atom stereocenters. The van der Waals surface area contributed by atoms with Crippen molar-refractivity contribution in [3.63, 3.8) is 0 Å². The molecule has 0 atom stereocenters. The zero-order chi connectivity index (χ0) is 15.0. The molecule has 0 fully saturated rings. The lowest BCUT2D eigenvalue weighted by atomic mass is 10.2. The fourth-order valence-corrected chi connectivity index (χ4v) is 1.55. The van der Waals surface area contributed by atoms with Gasteiger partial charge in [-0.15, -0.1) is 0 Å². The molecule has 1 aromatic heterocycles. The van der Waals surface area contributed by atoms with E-state index in [9.17, 15) is 4.79 Å². The van der Waals surface area contributed by atoms with Crippen LogP contribution in [0.4, 0.5) is 11.6 Å². The van der Waals surface area contributed by atoms with Gasteiger partial charge in [-0.2, -0.15) is 0 Å². The second-order valence-electron chi connectivity index (χ2n) is 5.16. The van der Waals surface area contributed by atoms with Gasteiger partial charge in [0, 0.05) is 19.2 Å². The Morgan fingerprint density at radius 1 is 1.25 bits per heavy atom. The lowest BCUT2D eigenvalue weighted by Crippen LogP contribution is -2.32. The van der Waals surface area contributed by atoms with Crippen LogP contribution in [-0.4, -0.2) is 35.5 Å². The lowest BCUT2D eigenvalue weighted by Gasteiger charge is -2.11. The molecule has 0 bridgehead atoms. The van der Waals surface area contributed by atoms with Crippen molar-refractivity contribution in [1.82, 2.24) is 15.3 Å². The summed E-state index contributed by atoms with van der Waals surface area (Å²) < 4.78 is 0.